The predicted molar refractivity (Wildman–Crippen MR) is 93.4 cm³/mol. The lowest BCUT2D eigenvalue weighted by Gasteiger charge is -2.21. The lowest BCUT2D eigenvalue weighted by molar-refractivity contribution is 0.102. The summed E-state index contributed by atoms with van der Waals surface area (Å²) in [7, 11) is 0. The molecule has 1 amide bonds. The van der Waals surface area contributed by atoms with Gasteiger partial charge in [-0.05, 0) is 49.1 Å². The molecule has 0 saturated heterocycles. The SMILES string of the molecule is CCCOc1ccccc1NC(=O)c1cccc2c1CCCN2. The number of rotatable bonds is 5. The third kappa shape index (κ3) is 3.47. The van der Waals surface area contributed by atoms with Crippen molar-refractivity contribution in [3.8, 4) is 5.75 Å². The first-order valence-electron chi connectivity index (χ1n) is 8.18. The Kier molecular flexibility index (Phi) is 4.81. The number of anilines is 2. The molecular weight excluding hydrogens is 288 g/mol. The van der Waals surface area contributed by atoms with E-state index < -0.39 is 0 Å². The fourth-order valence-electron chi connectivity index (χ4n) is 2.82. The van der Waals surface area contributed by atoms with Gasteiger partial charge in [-0.15, -0.1) is 0 Å². The normalized spacial score (nSPS) is 12.9. The minimum absolute atomic E-state index is 0.0851. The highest BCUT2D eigenvalue weighted by Crippen LogP contribution is 2.28. The number of amides is 1. The molecule has 0 aliphatic carbocycles. The lowest BCUT2D eigenvalue weighted by atomic mass is 9.97. The number of carbonyl (C=O) groups excluding carboxylic acids is 1. The molecule has 2 aromatic carbocycles. The molecule has 0 spiro atoms. The number of para-hydroxylation sites is 2. The average Bonchev–Trinajstić information content (AvgIpc) is 2.60. The Morgan fingerprint density at radius 3 is 2.96 bits per heavy atom. The first-order chi connectivity index (χ1) is 11.3. The molecule has 0 atom stereocenters. The molecule has 2 N–H and O–H groups in total. The fourth-order valence-corrected chi connectivity index (χ4v) is 2.82. The standard InChI is InChI=1S/C19H22N2O2/c1-2-13-23-18-11-4-3-9-17(18)21-19(22)15-7-5-10-16-14(15)8-6-12-20-16/h3-5,7,9-11,20H,2,6,8,12-13H2,1H3,(H,21,22). The van der Waals surface area contributed by atoms with Gasteiger partial charge in [-0.3, -0.25) is 4.79 Å². The van der Waals surface area contributed by atoms with Crippen LogP contribution in [0.2, 0.25) is 0 Å². The molecule has 1 aliphatic rings. The highest BCUT2D eigenvalue weighted by molar-refractivity contribution is 6.07. The van der Waals surface area contributed by atoms with Gasteiger partial charge in [0.15, 0.2) is 0 Å². The van der Waals surface area contributed by atoms with Gasteiger partial charge in [0.05, 0.1) is 12.3 Å². The van der Waals surface area contributed by atoms with Gasteiger partial charge < -0.3 is 15.4 Å². The van der Waals surface area contributed by atoms with E-state index in [1.807, 2.05) is 42.5 Å². The van der Waals surface area contributed by atoms with E-state index >= 15 is 0 Å². The number of fused-ring (bicyclic) bond motifs is 1. The molecule has 0 bridgehead atoms. The summed E-state index contributed by atoms with van der Waals surface area (Å²) in [5.74, 6) is 0.628. The largest absolute Gasteiger partial charge is 0.491 e. The minimum Gasteiger partial charge on any atom is -0.491 e. The van der Waals surface area contributed by atoms with Crippen LogP contribution in [0.1, 0.15) is 35.7 Å². The Bertz CT molecular complexity index is 698. The molecule has 0 saturated carbocycles. The van der Waals surface area contributed by atoms with E-state index in [2.05, 4.69) is 17.6 Å². The van der Waals surface area contributed by atoms with E-state index in [1.165, 1.54) is 0 Å². The van der Waals surface area contributed by atoms with Gasteiger partial charge in [-0.2, -0.15) is 0 Å². The zero-order valence-corrected chi connectivity index (χ0v) is 13.4. The highest BCUT2D eigenvalue weighted by Gasteiger charge is 2.18. The Balaban J connectivity index is 1.83. The van der Waals surface area contributed by atoms with Crippen LogP contribution in [-0.2, 0) is 6.42 Å². The summed E-state index contributed by atoms with van der Waals surface area (Å²) in [6.07, 6.45) is 2.91. The summed E-state index contributed by atoms with van der Waals surface area (Å²) >= 11 is 0. The van der Waals surface area contributed by atoms with Crippen LogP contribution in [0.25, 0.3) is 0 Å². The molecule has 0 unspecified atom stereocenters. The maximum Gasteiger partial charge on any atom is 0.256 e. The van der Waals surface area contributed by atoms with Gasteiger partial charge in [0.1, 0.15) is 5.75 Å². The average molecular weight is 310 g/mol. The smallest absolute Gasteiger partial charge is 0.256 e. The quantitative estimate of drug-likeness (QED) is 0.874. The van der Waals surface area contributed by atoms with Gasteiger partial charge >= 0.3 is 0 Å². The fraction of sp³-hybridized carbons (Fsp3) is 0.316. The van der Waals surface area contributed by atoms with E-state index in [1.54, 1.807) is 0 Å². The van der Waals surface area contributed by atoms with Crippen LogP contribution in [0, 0.1) is 0 Å². The Hall–Kier alpha value is -2.49. The second-order valence-electron chi connectivity index (χ2n) is 5.66. The highest BCUT2D eigenvalue weighted by atomic mass is 16.5. The van der Waals surface area contributed by atoms with Crippen molar-refractivity contribution in [3.63, 3.8) is 0 Å². The van der Waals surface area contributed by atoms with Crippen LogP contribution in [0.15, 0.2) is 42.5 Å². The van der Waals surface area contributed by atoms with E-state index in [4.69, 9.17) is 4.74 Å². The maximum atomic E-state index is 12.7. The predicted octanol–water partition coefficient (Wildman–Crippen LogP) is 4.09. The van der Waals surface area contributed by atoms with Crippen LogP contribution in [0.5, 0.6) is 5.75 Å². The first-order valence-corrected chi connectivity index (χ1v) is 8.18. The zero-order valence-electron chi connectivity index (χ0n) is 13.4. The van der Waals surface area contributed by atoms with E-state index in [9.17, 15) is 4.79 Å². The number of benzene rings is 2. The van der Waals surface area contributed by atoms with E-state index in [-0.39, 0.29) is 5.91 Å². The monoisotopic (exact) mass is 310 g/mol. The molecular formula is C19H22N2O2. The van der Waals surface area contributed by atoms with Crippen LogP contribution in [0.4, 0.5) is 11.4 Å². The van der Waals surface area contributed by atoms with Gasteiger partial charge in [0.25, 0.3) is 5.91 Å². The third-order valence-corrected chi connectivity index (χ3v) is 3.94. The number of hydrogen-bond donors (Lipinski definition) is 2. The Morgan fingerprint density at radius 2 is 2.09 bits per heavy atom. The van der Waals surface area contributed by atoms with Crippen molar-refractivity contribution in [1.82, 2.24) is 0 Å². The molecule has 3 rings (SSSR count). The molecule has 23 heavy (non-hydrogen) atoms. The molecule has 0 fully saturated rings. The summed E-state index contributed by atoms with van der Waals surface area (Å²) in [5.41, 5.74) is 3.62. The second-order valence-corrected chi connectivity index (χ2v) is 5.66. The maximum absolute atomic E-state index is 12.7. The van der Waals surface area contributed by atoms with Crippen molar-refractivity contribution in [2.24, 2.45) is 0 Å². The van der Waals surface area contributed by atoms with Crippen LogP contribution < -0.4 is 15.4 Å². The van der Waals surface area contributed by atoms with Crippen molar-refractivity contribution in [3.05, 3.63) is 53.6 Å². The van der Waals surface area contributed by atoms with Crippen molar-refractivity contribution in [2.75, 3.05) is 23.8 Å². The van der Waals surface area contributed by atoms with Crippen molar-refractivity contribution < 1.29 is 9.53 Å². The van der Waals surface area contributed by atoms with Gasteiger partial charge in [-0.1, -0.05) is 25.1 Å². The molecule has 4 nitrogen and oxygen atoms in total. The summed E-state index contributed by atoms with van der Waals surface area (Å²) in [6, 6.07) is 13.4. The van der Waals surface area contributed by atoms with E-state index in [0.29, 0.717) is 18.0 Å². The molecule has 1 aliphatic heterocycles. The van der Waals surface area contributed by atoms with Crippen LogP contribution in [-0.4, -0.2) is 19.1 Å². The third-order valence-electron chi connectivity index (χ3n) is 3.94. The number of carbonyl (C=O) groups is 1. The topological polar surface area (TPSA) is 50.4 Å². The number of nitrogens with one attached hydrogen (secondary N) is 2. The number of hydrogen-bond acceptors (Lipinski definition) is 3. The Morgan fingerprint density at radius 1 is 1.22 bits per heavy atom. The van der Waals surface area contributed by atoms with E-state index in [0.717, 1.165) is 42.6 Å². The molecule has 0 aromatic heterocycles. The zero-order chi connectivity index (χ0) is 16.1. The van der Waals surface area contributed by atoms with Gasteiger partial charge in [0, 0.05) is 17.8 Å². The van der Waals surface area contributed by atoms with Crippen LogP contribution in [0.3, 0.4) is 0 Å². The molecule has 120 valence electrons. The second kappa shape index (κ2) is 7.18. The van der Waals surface area contributed by atoms with Crippen LogP contribution >= 0.6 is 0 Å². The lowest BCUT2D eigenvalue weighted by Crippen LogP contribution is -2.19. The minimum atomic E-state index is -0.0851. The molecule has 2 aromatic rings. The summed E-state index contributed by atoms with van der Waals surface area (Å²) < 4.78 is 5.71. The van der Waals surface area contributed by atoms with Crippen molar-refractivity contribution in [1.29, 1.82) is 0 Å². The molecule has 4 heteroatoms. The summed E-state index contributed by atoms with van der Waals surface area (Å²) in [6.45, 7) is 3.66. The molecule has 1 heterocycles. The Labute approximate surface area is 136 Å². The van der Waals surface area contributed by atoms with Gasteiger partial charge in [-0.25, -0.2) is 0 Å². The van der Waals surface area contributed by atoms with Crippen molar-refractivity contribution in [2.45, 2.75) is 26.2 Å². The first kappa shape index (κ1) is 15.4. The summed E-state index contributed by atoms with van der Waals surface area (Å²) in [5, 5.41) is 6.35. The number of ether oxygens (including phenoxy) is 1. The van der Waals surface area contributed by atoms with Gasteiger partial charge in [0.2, 0.25) is 0 Å². The summed E-state index contributed by atoms with van der Waals surface area (Å²) in [4.78, 5) is 12.7. The van der Waals surface area contributed by atoms with Crippen molar-refractivity contribution >= 4 is 17.3 Å². The molecule has 0 radical (unpaired) electrons.